The maximum atomic E-state index is 13.3. The topological polar surface area (TPSA) is 80.7 Å². The van der Waals surface area contributed by atoms with E-state index in [1.165, 1.54) is 6.92 Å². The van der Waals surface area contributed by atoms with Gasteiger partial charge < -0.3 is 4.74 Å². The molecule has 1 N–H and O–H groups in total. The van der Waals surface area contributed by atoms with Crippen LogP contribution in [0.25, 0.3) is 0 Å². The molecule has 0 aliphatic carbocycles. The van der Waals surface area contributed by atoms with Gasteiger partial charge in [-0.2, -0.15) is 12.8 Å². The number of ether oxygens (including phenoxy) is 1. The molecule has 17 heavy (non-hydrogen) atoms. The van der Waals surface area contributed by atoms with E-state index in [2.05, 4.69) is 4.74 Å². The summed E-state index contributed by atoms with van der Waals surface area (Å²) in [5.74, 6) is -4.99. The highest BCUT2D eigenvalue weighted by Crippen LogP contribution is 2.25. The molecule has 0 heterocycles. The molecule has 8 heteroatoms. The number of rotatable bonds is 3. The average Bonchev–Trinajstić information content (AvgIpc) is 2.22. The smallest absolute Gasteiger partial charge is 0.311 e. The van der Waals surface area contributed by atoms with Crippen molar-refractivity contribution in [3.8, 4) is 5.75 Å². The highest BCUT2D eigenvalue weighted by Gasteiger charge is 2.23. The van der Waals surface area contributed by atoms with E-state index in [0.29, 0.717) is 6.07 Å². The third kappa shape index (κ3) is 2.98. The van der Waals surface area contributed by atoms with Gasteiger partial charge in [0.1, 0.15) is 4.90 Å². The SMILES string of the molecule is CCC(=O)Oc1ccc(S(=O)(=O)O)c(F)c1F. The number of carbonyl (C=O) groups is 1. The summed E-state index contributed by atoms with van der Waals surface area (Å²) in [6.45, 7) is 1.45. The highest BCUT2D eigenvalue weighted by atomic mass is 32.2. The van der Waals surface area contributed by atoms with Crippen LogP contribution in [-0.2, 0) is 14.9 Å². The largest absolute Gasteiger partial charge is 0.423 e. The fraction of sp³-hybridized carbons (Fsp3) is 0.222. The van der Waals surface area contributed by atoms with Gasteiger partial charge in [0, 0.05) is 6.42 Å². The van der Waals surface area contributed by atoms with Crippen molar-refractivity contribution < 1.29 is 31.3 Å². The van der Waals surface area contributed by atoms with E-state index >= 15 is 0 Å². The quantitative estimate of drug-likeness (QED) is 0.509. The van der Waals surface area contributed by atoms with Gasteiger partial charge >= 0.3 is 5.97 Å². The van der Waals surface area contributed by atoms with Gasteiger partial charge in [-0.25, -0.2) is 4.39 Å². The minimum Gasteiger partial charge on any atom is -0.423 e. The standard InChI is InChI=1S/C9H8F2O5S/c1-2-7(12)16-5-3-4-6(17(13,14)15)9(11)8(5)10/h3-4H,2H2,1H3,(H,13,14,15). The van der Waals surface area contributed by atoms with E-state index in [1.807, 2.05) is 0 Å². The van der Waals surface area contributed by atoms with Gasteiger partial charge in [-0.1, -0.05) is 6.92 Å². The van der Waals surface area contributed by atoms with E-state index < -0.39 is 38.4 Å². The lowest BCUT2D eigenvalue weighted by Crippen LogP contribution is -2.10. The fourth-order valence-electron chi connectivity index (χ4n) is 0.987. The Kier molecular flexibility index (Phi) is 3.79. The van der Waals surface area contributed by atoms with Crippen molar-refractivity contribution in [3.05, 3.63) is 23.8 Å². The van der Waals surface area contributed by atoms with Gasteiger partial charge in [0.2, 0.25) is 5.82 Å². The lowest BCUT2D eigenvalue weighted by molar-refractivity contribution is -0.134. The van der Waals surface area contributed by atoms with Crippen LogP contribution >= 0.6 is 0 Å². The second-order valence-electron chi connectivity index (χ2n) is 2.99. The summed E-state index contributed by atoms with van der Waals surface area (Å²) < 4.78 is 60.7. The molecule has 0 aliphatic rings. The van der Waals surface area contributed by atoms with E-state index in [4.69, 9.17) is 4.55 Å². The van der Waals surface area contributed by atoms with Gasteiger partial charge in [-0.3, -0.25) is 9.35 Å². The fourth-order valence-corrected chi connectivity index (χ4v) is 1.54. The zero-order valence-electron chi connectivity index (χ0n) is 8.61. The predicted molar refractivity (Wildman–Crippen MR) is 52.1 cm³/mol. The molecule has 1 rings (SSSR count). The summed E-state index contributed by atoms with van der Waals surface area (Å²) in [6.07, 6.45) is -0.0545. The van der Waals surface area contributed by atoms with Crippen molar-refractivity contribution in [2.75, 3.05) is 0 Å². The van der Waals surface area contributed by atoms with Crippen LogP contribution in [0.3, 0.4) is 0 Å². The molecule has 1 aromatic carbocycles. The van der Waals surface area contributed by atoms with Crippen molar-refractivity contribution >= 4 is 16.1 Å². The zero-order chi connectivity index (χ0) is 13.2. The Balaban J connectivity index is 3.25. The second kappa shape index (κ2) is 4.76. The summed E-state index contributed by atoms with van der Waals surface area (Å²) in [5.41, 5.74) is 0. The summed E-state index contributed by atoms with van der Waals surface area (Å²) >= 11 is 0. The minimum atomic E-state index is -4.86. The lowest BCUT2D eigenvalue weighted by Gasteiger charge is -2.06. The number of hydrogen-bond donors (Lipinski definition) is 1. The first-order chi connectivity index (χ1) is 7.77. The lowest BCUT2D eigenvalue weighted by atomic mass is 10.3. The van der Waals surface area contributed by atoms with Crippen LogP contribution in [-0.4, -0.2) is 18.9 Å². The van der Waals surface area contributed by atoms with Crippen molar-refractivity contribution in [1.29, 1.82) is 0 Å². The molecule has 0 aliphatic heterocycles. The van der Waals surface area contributed by atoms with E-state index in [9.17, 15) is 22.0 Å². The van der Waals surface area contributed by atoms with E-state index in [-0.39, 0.29) is 6.42 Å². The number of carbonyl (C=O) groups excluding carboxylic acids is 1. The summed E-state index contributed by atoms with van der Waals surface area (Å²) in [4.78, 5) is 9.63. The van der Waals surface area contributed by atoms with Crippen molar-refractivity contribution in [2.24, 2.45) is 0 Å². The Morgan fingerprint density at radius 1 is 1.35 bits per heavy atom. The minimum absolute atomic E-state index is 0.0545. The molecule has 5 nitrogen and oxygen atoms in total. The van der Waals surface area contributed by atoms with Crippen LogP contribution in [0.15, 0.2) is 17.0 Å². The molecule has 0 radical (unpaired) electrons. The van der Waals surface area contributed by atoms with Crippen LogP contribution in [0.5, 0.6) is 5.75 Å². The molecule has 0 saturated carbocycles. The average molecular weight is 266 g/mol. The molecule has 0 saturated heterocycles. The van der Waals surface area contributed by atoms with Crippen LogP contribution in [0.4, 0.5) is 8.78 Å². The van der Waals surface area contributed by atoms with Crippen LogP contribution < -0.4 is 4.74 Å². The molecule has 0 unspecified atom stereocenters. The molecular weight excluding hydrogens is 258 g/mol. The Labute approximate surface area is 95.8 Å². The second-order valence-corrected chi connectivity index (χ2v) is 4.38. The number of benzene rings is 1. The van der Waals surface area contributed by atoms with Gasteiger partial charge in [0.05, 0.1) is 0 Å². The van der Waals surface area contributed by atoms with Gasteiger partial charge in [-0.05, 0) is 12.1 Å². The molecule has 0 spiro atoms. The maximum Gasteiger partial charge on any atom is 0.311 e. The Hall–Kier alpha value is -1.54. The van der Waals surface area contributed by atoms with Gasteiger partial charge in [0.15, 0.2) is 11.6 Å². The monoisotopic (exact) mass is 266 g/mol. The summed E-state index contributed by atoms with van der Waals surface area (Å²) in [5, 5.41) is 0. The molecule has 0 aromatic heterocycles. The third-order valence-corrected chi connectivity index (χ3v) is 2.67. The Morgan fingerprint density at radius 3 is 2.41 bits per heavy atom. The Bertz CT molecular complexity index is 553. The molecule has 0 amide bonds. The van der Waals surface area contributed by atoms with Crippen LogP contribution in [0.2, 0.25) is 0 Å². The predicted octanol–water partition coefficient (Wildman–Crippen LogP) is 1.53. The van der Waals surface area contributed by atoms with Crippen LogP contribution in [0.1, 0.15) is 13.3 Å². The van der Waals surface area contributed by atoms with Crippen molar-refractivity contribution in [1.82, 2.24) is 0 Å². The third-order valence-electron chi connectivity index (χ3n) is 1.80. The molecule has 1 aromatic rings. The first-order valence-corrected chi connectivity index (χ1v) is 5.87. The molecule has 0 fully saturated rings. The summed E-state index contributed by atoms with van der Waals surface area (Å²) in [7, 11) is -4.86. The number of esters is 1. The Morgan fingerprint density at radius 2 is 1.94 bits per heavy atom. The van der Waals surface area contributed by atoms with E-state index in [0.717, 1.165) is 6.07 Å². The normalized spacial score (nSPS) is 11.3. The van der Waals surface area contributed by atoms with Gasteiger partial charge in [0.25, 0.3) is 10.1 Å². The van der Waals surface area contributed by atoms with Crippen molar-refractivity contribution in [2.45, 2.75) is 18.2 Å². The van der Waals surface area contributed by atoms with Gasteiger partial charge in [-0.15, -0.1) is 0 Å². The molecule has 94 valence electrons. The van der Waals surface area contributed by atoms with Crippen molar-refractivity contribution in [3.63, 3.8) is 0 Å². The molecule has 0 atom stereocenters. The number of hydrogen-bond acceptors (Lipinski definition) is 4. The first kappa shape index (κ1) is 13.5. The highest BCUT2D eigenvalue weighted by molar-refractivity contribution is 7.85. The number of halogens is 2. The zero-order valence-corrected chi connectivity index (χ0v) is 9.42. The van der Waals surface area contributed by atoms with Crippen LogP contribution in [0, 0.1) is 11.6 Å². The first-order valence-electron chi connectivity index (χ1n) is 4.43. The molecular formula is C9H8F2O5S. The van der Waals surface area contributed by atoms with E-state index in [1.54, 1.807) is 0 Å². The maximum absolute atomic E-state index is 13.3. The molecule has 0 bridgehead atoms. The summed E-state index contributed by atoms with van der Waals surface area (Å²) in [6, 6.07) is 1.35.